The molecule has 0 unspecified atom stereocenters. The molecule has 158 valence electrons. The molecule has 2 amide bonds. The van der Waals surface area contributed by atoms with Gasteiger partial charge in [0.25, 0.3) is 0 Å². The van der Waals surface area contributed by atoms with Crippen molar-refractivity contribution < 1.29 is 4.79 Å². The van der Waals surface area contributed by atoms with Crippen molar-refractivity contribution in [2.24, 2.45) is 4.99 Å². The highest BCUT2D eigenvalue weighted by Gasteiger charge is 2.47. The molecule has 7 heteroatoms. The molecule has 7 nitrogen and oxygen atoms in total. The van der Waals surface area contributed by atoms with E-state index in [1.807, 2.05) is 35.2 Å². The predicted octanol–water partition coefficient (Wildman–Crippen LogP) is 4.36. The molecule has 2 aliphatic rings. The zero-order valence-electron chi connectivity index (χ0n) is 18.1. The van der Waals surface area contributed by atoms with E-state index in [0.717, 1.165) is 35.9 Å². The zero-order valence-corrected chi connectivity index (χ0v) is 18.1. The van der Waals surface area contributed by atoms with Crippen LogP contribution >= 0.6 is 0 Å². The molecule has 0 radical (unpaired) electrons. The van der Waals surface area contributed by atoms with Gasteiger partial charge in [0.05, 0.1) is 17.8 Å². The SMILES string of the molecule is CCc1cccc(NC(=O)N2CC[C@@]3(C2)Nc2cccnc2NC3=NC(C)(C)C)c1. The van der Waals surface area contributed by atoms with Crippen LogP contribution in [-0.2, 0) is 6.42 Å². The number of rotatable bonds is 2. The Balaban J connectivity index is 1.57. The van der Waals surface area contributed by atoms with Gasteiger partial charge in [-0.2, -0.15) is 0 Å². The largest absolute Gasteiger partial charge is 0.368 e. The van der Waals surface area contributed by atoms with E-state index in [9.17, 15) is 4.79 Å². The van der Waals surface area contributed by atoms with Crippen molar-refractivity contribution in [2.75, 3.05) is 29.0 Å². The van der Waals surface area contributed by atoms with E-state index in [2.05, 4.69) is 54.7 Å². The molecule has 1 fully saturated rings. The number of nitrogens with one attached hydrogen (secondary N) is 3. The highest BCUT2D eigenvalue weighted by molar-refractivity contribution is 6.09. The second kappa shape index (κ2) is 7.63. The zero-order chi connectivity index (χ0) is 21.4. The highest BCUT2D eigenvalue weighted by atomic mass is 16.2. The van der Waals surface area contributed by atoms with E-state index in [4.69, 9.17) is 4.99 Å². The topological polar surface area (TPSA) is 81.7 Å². The Morgan fingerprint density at radius 3 is 2.90 bits per heavy atom. The van der Waals surface area contributed by atoms with Crippen LogP contribution in [0.4, 0.5) is 22.0 Å². The van der Waals surface area contributed by atoms with Crippen molar-refractivity contribution in [1.82, 2.24) is 9.88 Å². The van der Waals surface area contributed by atoms with Crippen molar-refractivity contribution in [3.05, 3.63) is 48.2 Å². The van der Waals surface area contributed by atoms with Crippen LogP contribution in [0.15, 0.2) is 47.6 Å². The van der Waals surface area contributed by atoms with Crippen LogP contribution in [-0.4, -0.2) is 45.9 Å². The number of aryl methyl sites for hydroxylation is 1. The summed E-state index contributed by atoms with van der Waals surface area (Å²) in [6, 6.07) is 11.8. The van der Waals surface area contributed by atoms with E-state index in [0.29, 0.717) is 13.1 Å². The van der Waals surface area contributed by atoms with E-state index in [1.165, 1.54) is 5.56 Å². The molecule has 1 aromatic heterocycles. The molecule has 3 heterocycles. The van der Waals surface area contributed by atoms with Crippen LogP contribution in [0.25, 0.3) is 0 Å². The van der Waals surface area contributed by atoms with Gasteiger partial charge in [-0.1, -0.05) is 19.1 Å². The van der Waals surface area contributed by atoms with Gasteiger partial charge in [0.1, 0.15) is 11.4 Å². The van der Waals surface area contributed by atoms with Crippen molar-refractivity contribution in [1.29, 1.82) is 0 Å². The first kappa shape index (κ1) is 20.2. The van der Waals surface area contributed by atoms with Gasteiger partial charge >= 0.3 is 6.03 Å². The second-order valence-corrected chi connectivity index (χ2v) is 9.02. The van der Waals surface area contributed by atoms with Gasteiger partial charge in [-0.15, -0.1) is 0 Å². The highest BCUT2D eigenvalue weighted by Crippen LogP contribution is 2.36. The van der Waals surface area contributed by atoms with Gasteiger partial charge in [0.2, 0.25) is 0 Å². The molecule has 2 aliphatic heterocycles. The number of hydrogen-bond acceptors (Lipinski definition) is 4. The summed E-state index contributed by atoms with van der Waals surface area (Å²) in [5, 5.41) is 10.1. The normalized spacial score (nSPS) is 21.9. The van der Waals surface area contributed by atoms with Crippen LogP contribution < -0.4 is 16.0 Å². The monoisotopic (exact) mass is 406 g/mol. The quantitative estimate of drug-likeness (QED) is 0.692. The number of pyridine rings is 1. The van der Waals surface area contributed by atoms with Gasteiger partial charge in [-0.3, -0.25) is 4.99 Å². The number of aromatic nitrogens is 1. The first-order chi connectivity index (χ1) is 14.3. The Kier molecular flexibility index (Phi) is 5.13. The Morgan fingerprint density at radius 2 is 2.13 bits per heavy atom. The van der Waals surface area contributed by atoms with E-state index in [-0.39, 0.29) is 11.6 Å². The van der Waals surface area contributed by atoms with Crippen molar-refractivity contribution in [3.8, 4) is 0 Å². The van der Waals surface area contributed by atoms with E-state index >= 15 is 0 Å². The number of carbonyl (C=O) groups is 1. The van der Waals surface area contributed by atoms with Gasteiger partial charge in [0, 0.05) is 18.4 Å². The molecule has 3 N–H and O–H groups in total. The molecule has 1 saturated heterocycles. The number of nitrogens with zero attached hydrogens (tertiary/aromatic N) is 3. The fourth-order valence-electron chi connectivity index (χ4n) is 3.97. The van der Waals surface area contributed by atoms with E-state index in [1.54, 1.807) is 6.20 Å². The number of fused-ring (bicyclic) bond motifs is 1. The number of hydrogen-bond donors (Lipinski definition) is 3. The number of likely N-dealkylation sites (tertiary alicyclic amines) is 1. The summed E-state index contributed by atoms with van der Waals surface area (Å²) in [5.41, 5.74) is 2.26. The molecular formula is C23H30N6O. The molecule has 0 aliphatic carbocycles. The Hall–Kier alpha value is -3.09. The molecule has 1 aromatic carbocycles. The third-order valence-electron chi connectivity index (χ3n) is 5.46. The number of anilines is 3. The van der Waals surface area contributed by atoms with Gasteiger partial charge < -0.3 is 20.9 Å². The molecule has 0 saturated carbocycles. The standard InChI is InChI=1S/C23H30N6O/c1-5-16-8-6-9-17(14-16)25-21(30)29-13-11-23(15-29)20(28-22(2,3)4)26-19-18(27-23)10-7-12-24-19/h6-10,12,14,27H,5,11,13,15H2,1-4H3,(H,25,30)(H,24,26,28)/t23-/m0/s1. The second-order valence-electron chi connectivity index (χ2n) is 9.02. The molecule has 4 rings (SSSR count). The van der Waals surface area contributed by atoms with Crippen LogP contribution in [0.1, 0.15) is 39.7 Å². The minimum atomic E-state index is -0.452. The van der Waals surface area contributed by atoms with Crippen LogP contribution in [0, 0.1) is 0 Å². The lowest BCUT2D eigenvalue weighted by Gasteiger charge is -2.39. The summed E-state index contributed by atoms with van der Waals surface area (Å²) in [6.45, 7) is 9.50. The van der Waals surface area contributed by atoms with Gasteiger partial charge in [-0.25, -0.2) is 9.78 Å². The smallest absolute Gasteiger partial charge is 0.321 e. The molecule has 1 spiro atoms. The van der Waals surface area contributed by atoms with Crippen molar-refractivity contribution >= 4 is 29.1 Å². The lowest BCUT2D eigenvalue weighted by atomic mass is 9.93. The molecule has 0 bridgehead atoms. The molecule has 30 heavy (non-hydrogen) atoms. The van der Waals surface area contributed by atoms with Crippen molar-refractivity contribution in [2.45, 2.75) is 51.6 Å². The van der Waals surface area contributed by atoms with Gasteiger partial charge in [0.15, 0.2) is 5.82 Å². The average Bonchev–Trinajstić information content (AvgIpc) is 3.12. The van der Waals surface area contributed by atoms with E-state index < -0.39 is 5.54 Å². The van der Waals surface area contributed by atoms with Crippen molar-refractivity contribution in [3.63, 3.8) is 0 Å². The maximum atomic E-state index is 13.0. The summed E-state index contributed by atoms with van der Waals surface area (Å²) in [4.78, 5) is 24.2. The molecular weight excluding hydrogens is 376 g/mol. The molecule has 1 atom stereocenters. The fraction of sp³-hybridized carbons (Fsp3) is 0.435. The van der Waals surface area contributed by atoms with Crippen LogP contribution in [0.2, 0.25) is 0 Å². The minimum Gasteiger partial charge on any atom is -0.368 e. The third kappa shape index (κ3) is 4.10. The lowest BCUT2D eigenvalue weighted by Crippen LogP contribution is -2.55. The summed E-state index contributed by atoms with van der Waals surface area (Å²) in [6.07, 6.45) is 3.47. The maximum absolute atomic E-state index is 13.0. The number of amides is 2. The Labute approximate surface area is 178 Å². The summed E-state index contributed by atoms with van der Waals surface area (Å²) in [5.74, 6) is 1.61. The Morgan fingerprint density at radius 1 is 1.30 bits per heavy atom. The first-order valence-corrected chi connectivity index (χ1v) is 10.5. The Bertz CT molecular complexity index is 980. The number of amidine groups is 1. The molecule has 2 aromatic rings. The van der Waals surface area contributed by atoms with Gasteiger partial charge in [-0.05, 0) is 63.4 Å². The minimum absolute atomic E-state index is 0.0889. The number of urea groups is 1. The summed E-state index contributed by atoms with van der Waals surface area (Å²) >= 11 is 0. The average molecular weight is 407 g/mol. The fourth-order valence-corrected chi connectivity index (χ4v) is 3.97. The van der Waals surface area contributed by atoms with Crippen LogP contribution in [0.3, 0.4) is 0 Å². The van der Waals surface area contributed by atoms with Crippen LogP contribution in [0.5, 0.6) is 0 Å². The summed E-state index contributed by atoms with van der Waals surface area (Å²) in [7, 11) is 0. The summed E-state index contributed by atoms with van der Waals surface area (Å²) < 4.78 is 0. The number of benzene rings is 1. The number of carbonyl (C=O) groups excluding carboxylic acids is 1. The third-order valence-corrected chi connectivity index (χ3v) is 5.46. The lowest BCUT2D eigenvalue weighted by molar-refractivity contribution is 0.221. The first-order valence-electron chi connectivity index (χ1n) is 10.5. The number of aliphatic imine (C=N–C) groups is 1. The predicted molar refractivity (Wildman–Crippen MR) is 122 cm³/mol. The maximum Gasteiger partial charge on any atom is 0.321 e.